The van der Waals surface area contributed by atoms with Crippen molar-refractivity contribution in [1.82, 2.24) is 9.88 Å². The van der Waals surface area contributed by atoms with Gasteiger partial charge in [-0.3, -0.25) is 14.5 Å². The van der Waals surface area contributed by atoms with Crippen LogP contribution in [0.1, 0.15) is 94.7 Å². The summed E-state index contributed by atoms with van der Waals surface area (Å²) in [6.45, 7) is 10.9. The molecule has 1 aromatic heterocycles. The molecule has 304 valence electrons. The number of carboxylic acid groups (broad SMARTS) is 1. The Hall–Kier alpha value is -4.06. The molecular formula is C47H58N2O8. The van der Waals surface area contributed by atoms with Gasteiger partial charge in [0.05, 0.1) is 23.6 Å². The first-order valence-corrected chi connectivity index (χ1v) is 20.8. The fourth-order valence-electron chi connectivity index (χ4n) is 11.3. The lowest BCUT2D eigenvalue weighted by molar-refractivity contribution is -0.200. The second-order valence-corrected chi connectivity index (χ2v) is 17.3. The van der Waals surface area contributed by atoms with Crippen LogP contribution in [0.4, 0.5) is 0 Å². The van der Waals surface area contributed by atoms with E-state index in [1.807, 2.05) is 24.3 Å². The van der Waals surface area contributed by atoms with Crippen LogP contribution in [0.3, 0.4) is 0 Å². The van der Waals surface area contributed by atoms with Crippen molar-refractivity contribution in [1.29, 1.82) is 0 Å². The number of benzene rings is 1. The number of aliphatic hydroxyl groups excluding tert-OH is 2. The van der Waals surface area contributed by atoms with Gasteiger partial charge in [-0.15, -0.1) is 0 Å². The lowest BCUT2D eigenvalue weighted by Gasteiger charge is -2.59. The molecule has 3 N–H and O–H groups in total. The predicted octanol–water partition coefficient (Wildman–Crippen LogP) is 6.73. The molecule has 1 aromatic carbocycles. The van der Waals surface area contributed by atoms with Gasteiger partial charge in [0.1, 0.15) is 6.61 Å². The van der Waals surface area contributed by atoms with Gasteiger partial charge in [0.2, 0.25) is 0 Å². The summed E-state index contributed by atoms with van der Waals surface area (Å²) in [7, 11) is 0. The van der Waals surface area contributed by atoms with Crippen molar-refractivity contribution in [3.05, 3.63) is 101 Å². The largest absolute Gasteiger partial charge is 0.478 e. The molecule has 0 bridgehead atoms. The summed E-state index contributed by atoms with van der Waals surface area (Å²) in [5, 5.41) is 30.2. The third kappa shape index (κ3) is 7.67. The number of nitrogens with zero attached hydrogens (tertiary/aromatic N) is 2. The number of carbonyl (C=O) groups is 3. The summed E-state index contributed by atoms with van der Waals surface area (Å²) in [5.74, 6) is -0.944. The molecule has 2 aliphatic heterocycles. The smallest absolute Gasteiger partial charge is 0.328 e. The van der Waals surface area contributed by atoms with Crippen molar-refractivity contribution in [3.63, 3.8) is 0 Å². The maximum Gasteiger partial charge on any atom is 0.328 e. The molecule has 8 rings (SSSR count). The summed E-state index contributed by atoms with van der Waals surface area (Å²) in [6, 6.07) is 14.2. The SMILES string of the molecule is CCCC1O[C@@H]2C[C@H]3[C@@H]4CCC5=CC(=O)C=C[C@]5(C)[C@H]4[C@@H](O)C[C@]3(C)[C@]2(C(=O)CO)O1.Cc1ccc(/C(=C\CN2CCCC2)c2cccc(/C=C/C(=O)O)n2)cc1. The molecule has 0 amide bonds. The van der Waals surface area contributed by atoms with Gasteiger partial charge in [-0.2, -0.15) is 0 Å². The highest BCUT2D eigenvalue weighted by Gasteiger charge is 2.75. The van der Waals surface area contributed by atoms with Gasteiger partial charge in [-0.25, -0.2) is 9.78 Å². The Morgan fingerprint density at radius 3 is 2.54 bits per heavy atom. The van der Waals surface area contributed by atoms with Crippen molar-refractivity contribution >= 4 is 29.2 Å². The number of rotatable bonds is 10. The topological polar surface area (TPSA) is 146 Å². The van der Waals surface area contributed by atoms with E-state index in [0.717, 1.165) is 67.4 Å². The zero-order valence-electron chi connectivity index (χ0n) is 33.7. The molecule has 3 saturated carbocycles. The van der Waals surface area contributed by atoms with Gasteiger partial charge in [0.15, 0.2) is 23.5 Å². The number of ketones is 2. The molecule has 57 heavy (non-hydrogen) atoms. The van der Waals surface area contributed by atoms with E-state index in [-0.39, 0.29) is 34.7 Å². The number of aryl methyl sites for hydroxylation is 1. The molecule has 2 saturated heterocycles. The van der Waals surface area contributed by atoms with Crippen LogP contribution >= 0.6 is 0 Å². The molecule has 9 atom stereocenters. The van der Waals surface area contributed by atoms with Crippen LogP contribution in [0.5, 0.6) is 0 Å². The number of pyridine rings is 1. The summed E-state index contributed by atoms with van der Waals surface area (Å²) in [6.07, 6.45) is 15.7. The van der Waals surface area contributed by atoms with Crippen molar-refractivity contribution in [2.45, 2.75) is 103 Å². The minimum atomic E-state index is -1.20. The molecule has 5 fully saturated rings. The van der Waals surface area contributed by atoms with Crippen LogP contribution in [0.25, 0.3) is 11.6 Å². The molecule has 2 aromatic rings. The molecule has 10 heteroatoms. The Balaban J connectivity index is 0.000000177. The zero-order valence-corrected chi connectivity index (χ0v) is 33.7. The van der Waals surface area contributed by atoms with Crippen LogP contribution in [0, 0.1) is 35.5 Å². The van der Waals surface area contributed by atoms with E-state index in [4.69, 9.17) is 14.6 Å². The molecule has 4 aliphatic carbocycles. The van der Waals surface area contributed by atoms with E-state index >= 15 is 0 Å². The number of aromatic nitrogens is 1. The van der Waals surface area contributed by atoms with E-state index in [1.54, 1.807) is 12.2 Å². The van der Waals surface area contributed by atoms with Gasteiger partial charge in [-0.05, 0) is 113 Å². The average Bonchev–Trinajstić information content (AvgIpc) is 3.90. The highest BCUT2D eigenvalue weighted by Crippen LogP contribution is 2.69. The minimum absolute atomic E-state index is 0.0125. The highest BCUT2D eigenvalue weighted by atomic mass is 16.7. The van der Waals surface area contributed by atoms with E-state index in [9.17, 15) is 24.6 Å². The second kappa shape index (κ2) is 16.7. The lowest BCUT2D eigenvalue weighted by Crippen LogP contribution is -2.63. The number of Topliss-reactive ketones (excluding diaryl/α,β-unsaturated/α-hetero) is 1. The van der Waals surface area contributed by atoms with Crippen LogP contribution in [0.15, 0.2) is 78.4 Å². The van der Waals surface area contributed by atoms with E-state index in [1.165, 1.54) is 24.5 Å². The van der Waals surface area contributed by atoms with E-state index in [2.05, 4.69) is 67.9 Å². The van der Waals surface area contributed by atoms with Gasteiger partial charge in [0, 0.05) is 34.9 Å². The van der Waals surface area contributed by atoms with E-state index < -0.39 is 42.1 Å². The van der Waals surface area contributed by atoms with Crippen LogP contribution < -0.4 is 0 Å². The van der Waals surface area contributed by atoms with E-state index in [0.29, 0.717) is 25.0 Å². The average molecular weight is 779 g/mol. The van der Waals surface area contributed by atoms with Crippen LogP contribution in [-0.2, 0) is 23.9 Å². The Labute approximate surface area is 336 Å². The Bertz CT molecular complexity index is 1960. The van der Waals surface area contributed by atoms with Crippen molar-refractivity contribution in [3.8, 4) is 0 Å². The number of allylic oxidation sites excluding steroid dienone is 4. The Morgan fingerprint density at radius 1 is 1.09 bits per heavy atom. The van der Waals surface area contributed by atoms with Gasteiger partial charge in [-0.1, -0.05) is 80.8 Å². The molecule has 1 unspecified atom stereocenters. The van der Waals surface area contributed by atoms with Gasteiger partial charge < -0.3 is 24.8 Å². The molecule has 3 heterocycles. The second-order valence-electron chi connectivity index (χ2n) is 17.3. The highest BCUT2D eigenvalue weighted by molar-refractivity contribution is 6.01. The first-order valence-electron chi connectivity index (χ1n) is 20.8. The normalized spacial score (nSPS) is 34.5. The summed E-state index contributed by atoms with van der Waals surface area (Å²) in [4.78, 5) is 43.1. The zero-order chi connectivity index (χ0) is 40.5. The van der Waals surface area contributed by atoms with Gasteiger partial charge in [0.25, 0.3) is 0 Å². The molecule has 10 nitrogen and oxygen atoms in total. The standard InChI is InChI=1S/C25H34O6.C22H24N2O2/c1-4-5-21-30-20-11-17-16-7-6-14-10-15(27)8-9-23(14,2)22(16)18(28)12-24(17,3)25(20,31-21)19(29)13-26;1-17-7-9-18(10-8-17)20(13-16-24-14-2-3-15-24)21-6-4-5-19(23-21)11-12-22(25)26/h8-10,16-18,20-22,26,28H,4-7,11-13H2,1-3H3;4-13H,2-3,14-16H2,1H3,(H,25,26)/b;12-11+,20-13+/t16-,17-,18-,20+,21?,22+,23-,24-,25+;/m0./s1. The lowest BCUT2D eigenvalue weighted by atomic mass is 9.46. The molecular weight excluding hydrogens is 721 g/mol. The first kappa shape index (κ1) is 41.1. The third-order valence-corrected chi connectivity index (χ3v) is 13.9. The Kier molecular flexibility index (Phi) is 12.0. The number of carbonyl (C=O) groups excluding carboxylic acids is 2. The minimum Gasteiger partial charge on any atom is -0.478 e. The number of hydrogen-bond donors (Lipinski definition) is 3. The monoisotopic (exact) mass is 778 g/mol. The molecule has 0 spiro atoms. The maximum absolute atomic E-state index is 13.2. The van der Waals surface area contributed by atoms with Crippen molar-refractivity contribution < 1.29 is 39.2 Å². The number of carboxylic acids is 1. The number of likely N-dealkylation sites (tertiary alicyclic amines) is 1. The fourth-order valence-corrected chi connectivity index (χ4v) is 11.3. The number of fused-ring (bicyclic) bond motifs is 7. The Morgan fingerprint density at radius 2 is 1.84 bits per heavy atom. The maximum atomic E-state index is 13.2. The van der Waals surface area contributed by atoms with Crippen LogP contribution in [0.2, 0.25) is 0 Å². The first-order chi connectivity index (χ1) is 27.3. The van der Waals surface area contributed by atoms with Crippen molar-refractivity contribution in [2.24, 2.45) is 28.6 Å². The van der Waals surface area contributed by atoms with Crippen molar-refractivity contribution in [2.75, 3.05) is 26.2 Å². The number of aliphatic hydroxyl groups is 2. The summed E-state index contributed by atoms with van der Waals surface area (Å²) < 4.78 is 12.7. The summed E-state index contributed by atoms with van der Waals surface area (Å²) in [5.41, 5.74) is 3.89. The number of ether oxygens (including phenoxy) is 2. The predicted molar refractivity (Wildman–Crippen MR) is 218 cm³/mol. The summed E-state index contributed by atoms with van der Waals surface area (Å²) >= 11 is 0. The number of aliphatic carboxylic acids is 1. The molecule has 0 radical (unpaired) electrons. The fraction of sp³-hybridized carbons (Fsp3) is 0.532. The number of hydrogen-bond acceptors (Lipinski definition) is 9. The van der Waals surface area contributed by atoms with Gasteiger partial charge >= 0.3 is 5.97 Å². The van der Waals surface area contributed by atoms with Crippen LogP contribution in [-0.4, -0.2) is 93.1 Å². The molecule has 6 aliphatic rings. The third-order valence-electron chi connectivity index (χ3n) is 13.9. The quantitative estimate of drug-likeness (QED) is 0.222.